The topological polar surface area (TPSA) is 83.8 Å². The lowest BCUT2D eigenvalue weighted by atomic mass is 9.85. The molecule has 0 spiro atoms. The molecule has 2 N–H and O–H groups in total. The van der Waals surface area contributed by atoms with Gasteiger partial charge in [-0.3, -0.25) is 0 Å². The highest BCUT2D eigenvalue weighted by Gasteiger charge is 2.15. The van der Waals surface area contributed by atoms with Crippen LogP contribution in [0.3, 0.4) is 0 Å². The van der Waals surface area contributed by atoms with Gasteiger partial charge in [0.25, 0.3) is 0 Å². The number of para-hydroxylation sites is 1. The number of hydrogen-bond acceptors (Lipinski definition) is 3. The van der Waals surface area contributed by atoms with Crippen molar-refractivity contribution in [2.45, 2.75) is 39.5 Å². The van der Waals surface area contributed by atoms with Crippen molar-refractivity contribution in [1.82, 2.24) is 0 Å². The van der Waals surface area contributed by atoms with E-state index in [2.05, 4.69) is 45.0 Å². The highest BCUT2D eigenvalue weighted by atomic mass is 16.6. The molecule has 0 amide bonds. The van der Waals surface area contributed by atoms with Crippen LogP contribution in [0, 0.1) is 0 Å². The second-order valence-corrected chi connectivity index (χ2v) is 6.96. The lowest BCUT2D eigenvalue weighted by molar-refractivity contribution is 0.137. The Balaban J connectivity index is 0.000000828. The molecule has 0 aliphatic carbocycles. The lowest BCUT2D eigenvalue weighted by Gasteiger charge is -2.20. The van der Waals surface area contributed by atoms with Crippen molar-refractivity contribution in [2.75, 3.05) is 6.61 Å². The number of benzene rings is 2. The van der Waals surface area contributed by atoms with Crippen molar-refractivity contribution < 1.29 is 24.5 Å². The van der Waals surface area contributed by atoms with Crippen molar-refractivity contribution in [2.24, 2.45) is 0 Å². The van der Waals surface area contributed by atoms with E-state index >= 15 is 0 Å². The van der Waals surface area contributed by atoms with Crippen molar-refractivity contribution >= 4 is 12.1 Å². The van der Waals surface area contributed by atoms with Crippen LogP contribution in [0.25, 0.3) is 11.1 Å². The molecule has 0 radical (unpaired) electrons. The summed E-state index contributed by atoms with van der Waals surface area (Å²) < 4.78 is 5.86. The first-order chi connectivity index (χ1) is 12.7. The summed E-state index contributed by atoms with van der Waals surface area (Å²) in [5.74, 6) is 2.74. The van der Waals surface area contributed by atoms with Gasteiger partial charge < -0.3 is 14.9 Å². The monoisotopic (exact) mass is 370 g/mol. The summed E-state index contributed by atoms with van der Waals surface area (Å²) in [6.07, 6.45) is -1.18. The highest BCUT2D eigenvalue weighted by Crippen LogP contribution is 2.33. The third-order valence-corrected chi connectivity index (χ3v) is 3.90. The minimum Gasteiger partial charge on any atom is -0.488 e. The van der Waals surface area contributed by atoms with E-state index in [0.29, 0.717) is 12.0 Å². The molecule has 0 fully saturated rings. The molecular weight excluding hydrogens is 344 g/mol. The van der Waals surface area contributed by atoms with E-state index in [1.54, 1.807) is 0 Å². The van der Waals surface area contributed by atoms with E-state index in [1.807, 2.05) is 37.1 Å². The van der Waals surface area contributed by atoms with E-state index in [-0.39, 0.29) is 12.0 Å². The van der Waals surface area contributed by atoms with Crippen LogP contribution < -0.4 is 4.74 Å². The van der Waals surface area contributed by atoms with Crippen molar-refractivity contribution in [1.29, 1.82) is 0 Å². The number of hydrogen-bond donors (Lipinski definition) is 2. The fraction of sp³-hybridized carbons (Fsp3) is 0.318. The van der Waals surface area contributed by atoms with E-state index in [0.717, 1.165) is 16.9 Å². The Hall–Kier alpha value is -3.04. The first-order valence-electron chi connectivity index (χ1n) is 8.66. The van der Waals surface area contributed by atoms with Gasteiger partial charge in [0.15, 0.2) is 0 Å². The Kier molecular flexibility index (Phi) is 8.31. The van der Waals surface area contributed by atoms with E-state index in [4.69, 9.17) is 19.7 Å². The van der Waals surface area contributed by atoms with E-state index in [9.17, 15) is 4.79 Å². The smallest absolute Gasteiger partial charge is 0.488 e. The maximum absolute atomic E-state index is 10.8. The molecule has 5 nitrogen and oxygen atoms in total. The SMILES string of the molecule is CCC(=C=O)COc1ccccc1-c1cccc(C(C)(C)C)c1.O=C(O)O. The summed E-state index contributed by atoms with van der Waals surface area (Å²) in [6, 6.07) is 16.5. The van der Waals surface area contributed by atoms with E-state index in [1.165, 1.54) is 5.56 Å². The first-order valence-corrected chi connectivity index (χ1v) is 8.66. The van der Waals surface area contributed by atoms with Gasteiger partial charge in [-0.05, 0) is 29.0 Å². The van der Waals surface area contributed by atoms with Gasteiger partial charge in [0.05, 0.1) is 5.57 Å². The predicted molar refractivity (Wildman–Crippen MR) is 106 cm³/mol. The Labute approximate surface area is 159 Å². The molecule has 2 rings (SSSR count). The van der Waals surface area contributed by atoms with Crippen LogP contribution >= 0.6 is 0 Å². The Bertz CT molecular complexity index is 807. The van der Waals surface area contributed by atoms with Crippen molar-refractivity contribution in [3.05, 3.63) is 59.7 Å². The van der Waals surface area contributed by atoms with Gasteiger partial charge in [0.1, 0.15) is 18.3 Å². The predicted octanol–water partition coefficient (Wildman–Crippen LogP) is 5.42. The van der Waals surface area contributed by atoms with Gasteiger partial charge in [-0.1, -0.05) is 70.2 Å². The number of carboxylic acid groups (broad SMARTS) is 2. The first kappa shape index (κ1) is 22.0. The number of rotatable bonds is 5. The van der Waals surface area contributed by atoms with Gasteiger partial charge in [0, 0.05) is 5.56 Å². The zero-order valence-corrected chi connectivity index (χ0v) is 16.2. The fourth-order valence-electron chi connectivity index (χ4n) is 2.35. The highest BCUT2D eigenvalue weighted by molar-refractivity contribution is 5.71. The third-order valence-electron chi connectivity index (χ3n) is 3.90. The maximum Gasteiger partial charge on any atom is 0.503 e. The molecule has 5 heteroatoms. The minimum absolute atomic E-state index is 0.0987. The lowest BCUT2D eigenvalue weighted by Crippen LogP contribution is -2.10. The zero-order valence-electron chi connectivity index (χ0n) is 16.2. The average molecular weight is 370 g/mol. The summed E-state index contributed by atoms with van der Waals surface area (Å²) >= 11 is 0. The van der Waals surface area contributed by atoms with Crippen LogP contribution in [-0.4, -0.2) is 28.9 Å². The largest absolute Gasteiger partial charge is 0.503 e. The fourth-order valence-corrected chi connectivity index (χ4v) is 2.35. The summed E-state index contributed by atoms with van der Waals surface area (Å²) in [4.78, 5) is 19.4. The molecule has 0 heterocycles. The van der Waals surface area contributed by atoms with Gasteiger partial charge in [-0.2, -0.15) is 0 Å². The second kappa shape index (κ2) is 10.2. The number of carbonyl (C=O) groups is 1. The summed E-state index contributed by atoms with van der Waals surface area (Å²) in [5.41, 5.74) is 4.19. The van der Waals surface area contributed by atoms with Crippen molar-refractivity contribution in [3.8, 4) is 16.9 Å². The molecule has 144 valence electrons. The Morgan fingerprint density at radius 2 is 1.70 bits per heavy atom. The zero-order chi connectivity index (χ0) is 20.4. The molecule has 2 aromatic rings. The number of carbonyl (C=O) groups excluding carboxylic acids is 1. The molecule has 0 aromatic heterocycles. The Morgan fingerprint density at radius 3 is 2.26 bits per heavy atom. The van der Waals surface area contributed by atoms with Gasteiger partial charge in [0.2, 0.25) is 0 Å². The van der Waals surface area contributed by atoms with Crippen molar-refractivity contribution in [3.63, 3.8) is 0 Å². The molecule has 0 unspecified atom stereocenters. The van der Waals surface area contributed by atoms with Crippen LogP contribution in [0.2, 0.25) is 0 Å². The molecular formula is C22H26O5. The summed E-state index contributed by atoms with van der Waals surface area (Å²) in [5, 5.41) is 13.9. The van der Waals surface area contributed by atoms with Gasteiger partial charge in [-0.25, -0.2) is 9.59 Å². The molecule has 0 aliphatic heterocycles. The van der Waals surface area contributed by atoms with Crippen LogP contribution in [0.15, 0.2) is 54.1 Å². The minimum atomic E-state index is -1.83. The van der Waals surface area contributed by atoms with Gasteiger partial charge in [-0.15, -0.1) is 0 Å². The maximum atomic E-state index is 10.8. The van der Waals surface area contributed by atoms with Gasteiger partial charge >= 0.3 is 6.16 Å². The average Bonchev–Trinajstić information content (AvgIpc) is 2.62. The van der Waals surface area contributed by atoms with Crippen LogP contribution in [-0.2, 0) is 10.2 Å². The van der Waals surface area contributed by atoms with Crippen LogP contribution in [0.1, 0.15) is 39.7 Å². The molecule has 0 saturated heterocycles. The molecule has 27 heavy (non-hydrogen) atoms. The summed E-state index contributed by atoms with van der Waals surface area (Å²) in [6.45, 7) is 8.84. The summed E-state index contributed by atoms with van der Waals surface area (Å²) in [7, 11) is 0. The molecule has 0 saturated carbocycles. The second-order valence-electron chi connectivity index (χ2n) is 6.96. The van der Waals surface area contributed by atoms with E-state index < -0.39 is 6.16 Å². The standard InChI is InChI=1S/C21H24O2.CH2O3/c1-5-16(14-22)15-23-20-12-7-6-11-19(20)17-9-8-10-18(13-17)21(2,3)4;2-1(3)4/h6-13H,5,15H2,1-4H3;(H2,2,3,4). The quantitative estimate of drug-likeness (QED) is 0.687. The number of ether oxygens (including phenoxy) is 1. The Morgan fingerprint density at radius 1 is 1.07 bits per heavy atom. The molecule has 0 aliphatic rings. The van der Waals surface area contributed by atoms with Crippen LogP contribution in [0.5, 0.6) is 5.75 Å². The normalized spacial score (nSPS) is 10.2. The molecule has 0 bridgehead atoms. The molecule has 0 atom stereocenters. The van der Waals surface area contributed by atoms with Crippen LogP contribution in [0.4, 0.5) is 4.79 Å². The third kappa shape index (κ3) is 7.38. The molecule has 2 aromatic carbocycles.